The van der Waals surface area contributed by atoms with Crippen LogP contribution in [0, 0.1) is 0 Å². The molecule has 0 unspecified atom stereocenters. The molecule has 0 fully saturated rings. The third kappa shape index (κ3) is 2.63. The van der Waals surface area contributed by atoms with E-state index < -0.39 is 0 Å². The number of para-hydroxylation sites is 1. The lowest BCUT2D eigenvalue weighted by molar-refractivity contribution is 0.669. The molecule has 6 rings (SSSR count). The molecule has 0 radical (unpaired) electrons. The molecule has 0 atom stereocenters. The van der Waals surface area contributed by atoms with Gasteiger partial charge in [-0.1, -0.05) is 90.5 Å². The van der Waals surface area contributed by atoms with Crippen molar-refractivity contribution in [3.05, 3.63) is 108 Å². The Labute approximate surface area is 179 Å². The molecule has 1 nitrogen and oxygen atoms in total. The van der Waals surface area contributed by atoms with Crippen molar-refractivity contribution in [1.29, 1.82) is 0 Å². The number of rotatable bonds is 2. The quantitative estimate of drug-likeness (QED) is 0.281. The molecule has 5 aromatic carbocycles. The minimum absolute atomic E-state index is 0.743. The molecule has 142 valence electrons. The zero-order chi connectivity index (χ0) is 20.1. The summed E-state index contributed by atoms with van der Waals surface area (Å²) in [5.74, 6) is 0. The lowest BCUT2D eigenvalue weighted by atomic mass is 9.91. The molecule has 1 aromatic heterocycles. The molecule has 6 aromatic rings. The molecule has 0 bridgehead atoms. The highest BCUT2D eigenvalue weighted by Gasteiger charge is 2.17. The van der Waals surface area contributed by atoms with Gasteiger partial charge in [-0.05, 0) is 51.7 Å². The summed E-state index contributed by atoms with van der Waals surface area (Å²) in [4.78, 5) is 0. The number of furan rings is 1. The molecular weight excluding hydrogens is 388 g/mol. The van der Waals surface area contributed by atoms with Crippen LogP contribution in [0.25, 0.3) is 55.0 Å². The van der Waals surface area contributed by atoms with Crippen LogP contribution in [0.4, 0.5) is 0 Å². The number of hydrogen-bond acceptors (Lipinski definition) is 1. The van der Waals surface area contributed by atoms with Crippen LogP contribution in [-0.4, -0.2) is 0 Å². The molecule has 30 heavy (non-hydrogen) atoms. The molecule has 0 aliphatic heterocycles. The maximum atomic E-state index is 6.78. The van der Waals surface area contributed by atoms with Crippen molar-refractivity contribution in [1.82, 2.24) is 0 Å². The largest absolute Gasteiger partial charge is 0.456 e. The van der Waals surface area contributed by atoms with Gasteiger partial charge in [-0.3, -0.25) is 0 Å². The van der Waals surface area contributed by atoms with Crippen molar-refractivity contribution in [2.75, 3.05) is 0 Å². The Balaban J connectivity index is 1.68. The minimum Gasteiger partial charge on any atom is -0.456 e. The van der Waals surface area contributed by atoms with E-state index in [0.717, 1.165) is 49.2 Å². The fourth-order valence-corrected chi connectivity index (χ4v) is 4.67. The van der Waals surface area contributed by atoms with E-state index in [4.69, 9.17) is 16.0 Å². The van der Waals surface area contributed by atoms with Crippen LogP contribution in [0.3, 0.4) is 0 Å². The maximum Gasteiger partial charge on any atom is 0.136 e. The fraction of sp³-hybridized carbons (Fsp3) is 0. The molecule has 1 heterocycles. The highest BCUT2D eigenvalue weighted by molar-refractivity contribution is 6.34. The van der Waals surface area contributed by atoms with E-state index in [0.29, 0.717) is 0 Å². The van der Waals surface area contributed by atoms with Crippen LogP contribution >= 0.6 is 11.6 Å². The molecule has 0 saturated heterocycles. The Hall–Kier alpha value is -3.55. The van der Waals surface area contributed by atoms with Crippen molar-refractivity contribution >= 4 is 44.3 Å². The summed E-state index contributed by atoms with van der Waals surface area (Å²) in [6.07, 6.45) is 0. The molecular formula is C28H17ClO. The first kappa shape index (κ1) is 17.3. The molecule has 0 N–H and O–H groups in total. The van der Waals surface area contributed by atoms with Crippen molar-refractivity contribution in [2.24, 2.45) is 0 Å². The second-order valence-corrected chi connectivity index (χ2v) is 7.91. The molecule has 2 heteroatoms. The van der Waals surface area contributed by atoms with Gasteiger partial charge in [0, 0.05) is 21.4 Å². The lowest BCUT2D eigenvalue weighted by Gasteiger charge is -2.14. The van der Waals surface area contributed by atoms with E-state index in [9.17, 15) is 0 Å². The first-order valence-corrected chi connectivity index (χ1v) is 10.4. The van der Waals surface area contributed by atoms with Crippen molar-refractivity contribution < 1.29 is 4.42 Å². The molecule has 0 amide bonds. The average molecular weight is 405 g/mol. The summed E-state index contributed by atoms with van der Waals surface area (Å²) in [6, 6.07) is 35.5. The number of fused-ring (bicyclic) bond motifs is 4. The molecule has 0 saturated carbocycles. The SMILES string of the molecule is Clc1cccc(-c2cccc3oc4ccccc4c23)c1-c1ccc2ccccc2c1. The van der Waals surface area contributed by atoms with Gasteiger partial charge >= 0.3 is 0 Å². The smallest absolute Gasteiger partial charge is 0.136 e. The summed E-state index contributed by atoms with van der Waals surface area (Å²) < 4.78 is 6.12. The summed E-state index contributed by atoms with van der Waals surface area (Å²) in [6.45, 7) is 0. The van der Waals surface area contributed by atoms with Gasteiger partial charge < -0.3 is 4.42 Å². The zero-order valence-corrected chi connectivity index (χ0v) is 16.9. The molecule has 0 aliphatic carbocycles. The normalized spacial score (nSPS) is 11.5. The van der Waals surface area contributed by atoms with Crippen molar-refractivity contribution in [2.45, 2.75) is 0 Å². The monoisotopic (exact) mass is 404 g/mol. The van der Waals surface area contributed by atoms with Crippen molar-refractivity contribution in [3.63, 3.8) is 0 Å². The summed E-state index contributed by atoms with van der Waals surface area (Å²) >= 11 is 6.78. The highest BCUT2D eigenvalue weighted by atomic mass is 35.5. The topological polar surface area (TPSA) is 13.1 Å². The average Bonchev–Trinajstić information content (AvgIpc) is 3.17. The zero-order valence-electron chi connectivity index (χ0n) is 16.1. The van der Waals surface area contributed by atoms with Gasteiger partial charge in [-0.25, -0.2) is 0 Å². The second kappa shape index (κ2) is 6.76. The maximum absolute atomic E-state index is 6.78. The van der Waals surface area contributed by atoms with Gasteiger partial charge in [0.25, 0.3) is 0 Å². The lowest BCUT2D eigenvalue weighted by Crippen LogP contribution is -1.88. The standard InChI is InChI=1S/C28H17ClO/c29-24-12-5-10-21(27(24)20-16-15-18-7-1-2-8-19(18)17-20)22-11-6-14-26-28(22)23-9-3-4-13-25(23)30-26/h1-17H. The van der Waals surface area contributed by atoms with E-state index in [1.165, 1.54) is 10.8 Å². The third-order valence-electron chi connectivity index (χ3n) is 5.74. The summed E-state index contributed by atoms with van der Waals surface area (Å²) in [5, 5.41) is 5.41. The minimum atomic E-state index is 0.743. The Morgan fingerprint density at radius 2 is 1.30 bits per heavy atom. The van der Waals surface area contributed by atoms with E-state index in [1.807, 2.05) is 36.4 Å². The Morgan fingerprint density at radius 3 is 2.23 bits per heavy atom. The number of halogens is 1. The number of benzene rings is 5. The highest BCUT2D eigenvalue weighted by Crippen LogP contribution is 2.43. The van der Waals surface area contributed by atoms with Gasteiger partial charge in [-0.2, -0.15) is 0 Å². The first-order chi connectivity index (χ1) is 14.8. The second-order valence-electron chi connectivity index (χ2n) is 7.50. The van der Waals surface area contributed by atoms with Crippen LogP contribution in [-0.2, 0) is 0 Å². The Morgan fingerprint density at radius 1 is 0.567 bits per heavy atom. The van der Waals surface area contributed by atoms with Gasteiger partial charge in [0.05, 0.1) is 0 Å². The Kier molecular flexibility index (Phi) is 3.90. The van der Waals surface area contributed by atoms with Crippen LogP contribution in [0.1, 0.15) is 0 Å². The number of hydrogen-bond donors (Lipinski definition) is 0. The van der Waals surface area contributed by atoms with Crippen molar-refractivity contribution in [3.8, 4) is 22.3 Å². The van der Waals surface area contributed by atoms with Gasteiger partial charge in [0.1, 0.15) is 11.2 Å². The third-order valence-corrected chi connectivity index (χ3v) is 6.06. The van der Waals surface area contributed by atoms with E-state index in [-0.39, 0.29) is 0 Å². The van der Waals surface area contributed by atoms with Crippen LogP contribution in [0.15, 0.2) is 108 Å². The van der Waals surface area contributed by atoms with Gasteiger partial charge in [0.2, 0.25) is 0 Å². The fourth-order valence-electron chi connectivity index (χ4n) is 4.39. The van der Waals surface area contributed by atoms with Crippen LogP contribution in [0.5, 0.6) is 0 Å². The van der Waals surface area contributed by atoms with E-state index >= 15 is 0 Å². The van der Waals surface area contributed by atoms with Crippen LogP contribution < -0.4 is 0 Å². The predicted octanol–water partition coefficient (Wildman–Crippen LogP) is 8.73. The Bertz CT molecular complexity index is 1560. The molecule has 0 spiro atoms. The van der Waals surface area contributed by atoms with Crippen LogP contribution in [0.2, 0.25) is 5.02 Å². The van der Waals surface area contributed by atoms with E-state index in [1.54, 1.807) is 0 Å². The van der Waals surface area contributed by atoms with E-state index in [2.05, 4.69) is 66.7 Å². The predicted molar refractivity (Wildman–Crippen MR) is 127 cm³/mol. The van der Waals surface area contributed by atoms with Gasteiger partial charge in [-0.15, -0.1) is 0 Å². The first-order valence-electron chi connectivity index (χ1n) is 9.98. The summed E-state index contributed by atoms with van der Waals surface area (Å²) in [5.41, 5.74) is 6.17. The van der Waals surface area contributed by atoms with Gasteiger partial charge in [0.15, 0.2) is 0 Å². The molecule has 0 aliphatic rings. The summed E-state index contributed by atoms with van der Waals surface area (Å²) in [7, 11) is 0.